The maximum absolute atomic E-state index is 5.00. The van der Waals surface area contributed by atoms with E-state index in [2.05, 4.69) is 10.3 Å². The van der Waals surface area contributed by atoms with E-state index >= 15 is 0 Å². The van der Waals surface area contributed by atoms with Crippen molar-refractivity contribution in [2.45, 2.75) is 25.4 Å². The summed E-state index contributed by atoms with van der Waals surface area (Å²) in [5.41, 5.74) is 0. The van der Waals surface area contributed by atoms with Crippen molar-refractivity contribution >= 4 is 11.3 Å². The molecule has 1 aromatic rings. The largest absolute Gasteiger partial charge is 0.473 e. The summed E-state index contributed by atoms with van der Waals surface area (Å²) in [6, 6.07) is 0.762. The number of rotatable bonds is 4. The number of aromatic nitrogens is 1. The number of hydrogen-bond acceptors (Lipinski definition) is 4. The Bertz CT molecular complexity index is 257. The van der Waals surface area contributed by atoms with Gasteiger partial charge in [-0.1, -0.05) is 11.3 Å². The molecule has 12 heavy (non-hydrogen) atoms. The van der Waals surface area contributed by atoms with Crippen LogP contribution < -0.4 is 10.1 Å². The molecular weight excluding hydrogens is 172 g/mol. The summed E-state index contributed by atoms with van der Waals surface area (Å²) in [7, 11) is 1.65. The maximum Gasteiger partial charge on any atom is 0.273 e. The first-order valence-corrected chi connectivity index (χ1v) is 4.92. The summed E-state index contributed by atoms with van der Waals surface area (Å²) in [5, 5.41) is 4.18. The van der Waals surface area contributed by atoms with Crippen molar-refractivity contribution in [1.82, 2.24) is 10.3 Å². The van der Waals surface area contributed by atoms with Gasteiger partial charge in [0.2, 0.25) is 0 Å². The summed E-state index contributed by atoms with van der Waals surface area (Å²) in [5.74, 6) is 0. The topological polar surface area (TPSA) is 34.1 Å². The van der Waals surface area contributed by atoms with E-state index in [1.54, 1.807) is 18.4 Å². The number of thiazole rings is 1. The van der Waals surface area contributed by atoms with E-state index in [0.29, 0.717) is 0 Å². The van der Waals surface area contributed by atoms with Crippen LogP contribution in [0.4, 0.5) is 0 Å². The molecule has 0 radical (unpaired) electrons. The highest BCUT2D eigenvalue weighted by Gasteiger charge is 2.20. The third-order valence-corrected chi connectivity index (χ3v) is 2.81. The molecule has 0 saturated heterocycles. The zero-order chi connectivity index (χ0) is 8.39. The SMILES string of the molecule is COc1ncc(CNC2CC2)s1. The Morgan fingerprint density at radius 1 is 1.75 bits per heavy atom. The number of nitrogens with one attached hydrogen (secondary N) is 1. The van der Waals surface area contributed by atoms with E-state index in [4.69, 9.17) is 4.74 Å². The Kier molecular flexibility index (Phi) is 2.28. The van der Waals surface area contributed by atoms with Crippen LogP contribution in [0.15, 0.2) is 6.20 Å². The lowest BCUT2D eigenvalue weighted by Gasteiger charge is -1.96. The van der Waals surface area contributed by atoms with Crippen molar-refractivity contribution in [1.29, 1.82) is 0 Å². The van der Waals surface area contributed by atoms with Gasteiger partial charge in [-0.25, -0.2) is 4.98 Å². The van der Waals surface area contributed by atoms with E-state index in [1.165, 1.54) is 17.7 Å². The molecule has 0 aliphatic heterocycles. The third kappa shape index (κ3) is 1.95. The van der Waals surface area contributed by atoms with Gasteiger partial charge in [-0.2, -0.15) is 0 Å². The third-order valence-electron chi connectivity index (χ3n) is 1.85. The van der Waals surface area contributed by atoms with Crippen molar-refractivity contribution in [2.24, 2.45) is 0 Å². The van der Waals surface area contributed by atoms with Crippen LogP contribution in [-0.4, -0.2) is 18.1 Å². The van der Waals surface area contributed by atoms with Gasteiger partial charge in [0.15, 0.2) is 0 Å². The molecule has 1 aliphatic rings. The fourth-order valence-corrected chi connectivity index (χ4v) is 1.67. The minimum Gasteiger partial charge on any atom is -0.473 e. The maximum atomic E-state index is 5.00. The number of nitrogens with zero attached hydrogens (tertiary/aromatic N) is 1. The molecule has 1 aliphatic carbocycles. The van der Waals surface area contributed by atoms with E-state index in [-0.39, 0.29) is 0 Å². The smallest absolute Gasteiger partial charge is 0.273 e. The Morgan fingerprint density at radius 2 is 2.58 bits per heavy atom. The fraction of sp³-hybridized carbons (Fsp3) is 0.625. The zero-order valence-corrected chi connectivity index (χ0v) is 7.86. The molecule has 0 bridgehead atoms. The minimum absolute atomic E-state index is 0.752. The molecule has 4 heteroatoms. The van der Waals surface area contributed by atoms with Crippen molar-refractivity contribution in [3.8, 4) is 5.19 Å². The van der Waals surface area contributed by atoms with Gasteiger partial charge < -0.3 is 10.1 Å². The van der Waals surface area contributed by atoms with Crippen LogP contribution in [0.25, 0.3) is 0 Å². The molecule has 0 unspecified atom stereocenters. The molecular formula is C8H12N2OS. The molecule has 0 amide bonds. The number of methoxy groups -OCH3 is 1. The number of ether oxygens (including phenoxy) is 1. The van der Waals surface area contributed by atoms with E-state index < -0.39 is 0 Å². The van der Waals surface area contributed by atoms with Crippen molar-refractivity contribution in [2.75, 3.05) is 7.11 Å². The van der Waals surface area contributed by atoms with Crippen LogP contribution in [0, 0.1) is 0 Å². The average molecular weight is 184 g/mol. The van der Waals surface area contributed by atoms with E-state index in [9.17, 15) is 0 Å². The Hall–Kier alpha value is -0.610. The molecule has 1 saturated carbocycles. The van der Waals surface area contributed by atoms with Gasteiger partial charge in [0.25, 0.3) is 5.19 Å². The molecule has 0 aromatic carbocycles. The van der Waals surface area contributed by atoms with Crippen LogP contribution in [0.3, 0.4) is 0 Å². The molecule has 1 aromatic heterocycles. The second kappa shape index (κ2) is 3.41. The van der Waals surface area contributed by atoms with Gasteiger partial charge in [-0.3, -0.25) is 0 Å². The molecule has 1 N–H and O–H groups in total. The van der Waals surface area contributed by atoms with Crippen LogP contribution in [0.1, 0.15) is 17.7 Å². The minimum atomic E-state index is 0.752. The lowest BCUT2D eigenvalue weighted by Crippen LogP contribution is -2.14. The zero-order valence-electron chi connectivity index (χ0n) is 7.04. The van der Waals surface area contributed by atoms with Crippen LogP contribution >= 0.6 is 11.3 Å². The summed E-state index contributed by atoms with van der Waals surface area (Å²) in [4.78, 5) is 5.34. The summed E-state index contributed by atoms with van der Waals surface area (Å²) < 4.78 is 5.00. The van der Waals surface area contributed by atoms with Gasteiger partial charge in [0, 0.05) is 23.7 Å². The Labute approximate surface area is 75.8 Å². The van der Waals surface area contributed by atoms with Gasteiger partial charge >= 0.3 is 0 Å². The molecule has 66 valence electrons. The second-order valence-corrected chi connectivity index (χ2v) is 4.03. The van der Waals surface area contributed by atoms with Crippen LogP contribution in [0.2, 0.25) is 0 Å². The van der Waals surface area contributed by atoms with E-state index in [0.717, 1.165) is 17.8 Å². The Balaban J connectivity index is 1.84. The molecule has 2 rings (SSSR count). The first-order valence-electron chi connectivity index (χ1n) is 4.10. The normalized spacial score (nSPS) is 16.4. The average Bonchev–Trinajstić information content (AvgIpc) is 2.81. The standard InChI is InChI=1S/C8H12N2OS/c1-11-8-10-5-7(12-8)4-9-6-2-3-6/h5-6,9H,2-4H2,1H3. The Morgan fingerprint density at radius 3 is 3.17 bits per heavy atom. The van der Waals surface area contributed by atoms with Crippen LogP contribution in [0.5, 0.6) is 5.19 Å². The summed E-state index contributed by atoms with van der Waals surface area (Å²) in [6.45, 7) is 0.936. The molecule has 3 nitrogen and oxygen atoms in total. The lowest BCUT2D eigenvalue weighted by molar-refractivity contribution is 0.412. The van der Waals surface area contributed by atoms with E-state index in [1.807, 2.05) is 6.20 Å². The first-order chi connectivity index (χ1) is 5.88. The molecule has 0 spiro atoms. The van der Waals surface area contributed by atoms with Gasteiger partial charge in [-0.15, -0.1) is 0 Å². The van der Waals surface area contributed by atoms with Gasteiger partial charge in [-0.05, 0) is 12.8 Å². The molecule has 0 atom stereocenters. The molecule has 1 heterocycles. The fourth-order valence-electron chi connectivity index (χ4n) is 0.998. The predicted molar refractivity (Wildman–Crippen MR) is 48.5 cm³/mol. The quantitative estimate of drug-likeness (QED) is 0.768. The summed E-state index contributed by atoms with van der Waals surface area (Å²) in [6.07, 6.45) is 4.53. The highest BCUT2D eigenvalue weighted by atomic mass is 32.1. The highest BCUT2D eigenvalue weighted by molar-refractivity contribution is 7.13. The van der Waals surface area contributed by atoms with Crippen molar-refractivity contribution in [3.05, 3.63) is 11.1 Å². The highest BCUT2D eigenvalue weighted by Crippen LogP contribution is 2.22. The molecule has 1 fully saturated rings. The van der Waals surface area contributed by atoms with Crippen molar-refractivity contribution < 1.29 is 4.74 Å². The van der Waals surface area contributed by atoms with Gasteiger partial charge in [0.1, 0.15) is 0 Å². The monoisotopic (exact) mass is 184 g/mol. The second-order valence-electron chi connectivity index (χ2n) is 2.95. The van der Waals surface area contributed by atoms with Gasteiger partial charge in [0.05, 0.1) is 7.11 Å². The number of hydrogen-bond donors (Lipinski definition) is 1. The first kappa shape index (κ1) is 8.01. The predicted octanol–water partition coefficient (Wildman–Crippen LogP) is 1.40. The van der Waals surface area contributed by atoms with Crippen LogP contribution in [-0.2, 0) is 6.54 Å². The summed E-state index contributed by atoms with van der Waals surface area (Å²) >= 11 is 1.61. The van der Waals surface area contributed by atoms with Crippen molar-refractivity contribution in [3.63, 3.8) is 0 Å². The lowest BCUT2D eigenvalue weighted by atomic mass is 10.5.